The van der Waals surface area contributed by atoms with Gasteiger partial charge in [-0.2, -0.15) is 0 Å². The Labute approximate surface area is 118 Å². The maximum absolute atomic E-state index is 13.5. The first kappa shape index (κ1) is 13.0. The summed E-state index contributed by atoms with van der Waals surface area (Å²) in [4.78, 5) is 11.9. The number of carbonyl (C=O) groups is 1. The molecule has 6 heteroatoms. The van der Waals surface area contributed by atoms with Crippen LogP contribution in [0.25, 0.3) is 9.65 Å². The topological polar surface area (TPSA) is 39.2 Å². The quantitative estimate of drug-likeness (QED) is 0.533. The van der Waals surface area contributed by atoms with Gasteiger partial charge in [-0.3, -0.25) is 0 Å². The van der Waals surface area contributed by atoms with E-state index in [0.29, 0.717) is 6.07 Å². The van der Waals surface area contributed by atoms with Crippen molar-refractivity contribution in [2.24, 2.45) is 0 Å². The summed E-state index contributed by atoms with van der Waals surface area (Å²) in [5.74, 6) is -2.39. The van der Waals surface area contributed by atoms with Gasteiger partial charge in [-0.25, -0.2) is 0 Å². The number of esters is 1. The minimum atomic E-state index is -0.951. The van der Waals surface area contributed by atoms with E-state index in [4.69, 9.17) is 4.74 Å². The molecule has 0 radical (unpaired) electrons. The van der Waals surface area contributed by atoms with Gasteiger partial charge in [0.25, 0.3) is 0 Å². The van der Waals surface area contributed by atoms with E-state index in [1.165, 1.54) is 0 Å². The van der Waals surface area contributed by atoms with E-state index in [9.17, 15) is 13.6 Å². The molecule has 3 rings (SSSR count). The molecule has 0 aliphatic heterocycles. The predicted molar refractivity (Wildman–Crippen MR) is 70.0 cm³/mol. The Morgan fingerprint density at radius 1 is 1.15 bits per heavy atom. The zero-order valence-electron chi connectivity index (χ0n) is 9.97. The van der Waals surface area contributed by atoms with Crippen molar-refractivity contribution in [3.63, 3.8) is 0 Å². The average Bonchev–Trinajstić information content (AvgIpc) is 2.82. The van der Waals surface area contributed by atoms with Gasteiger partial charge in [-0.1, -0.05) is 0 Å². The van der Waals surface area contributed by atoms with Gasteiger partial charge in [0.2, 0.25) is 0 Å². The summed E-state index contributed by atoms with van der Waals surface area (Å²) in [6.45, 7) is 0. The summed E-state index contributed by atoms with van der Waals surface area (Å²) in [5.41, 5.74) is -0.314. The molecule has 0 bridgehead atoms. The van der Waals surface area contributed by atoms with Crippen molar-refractivity contribution in [1.82, 2.24) is 3.98 Å². The average molecular weight is 338 g/mol. The molecule has 0 atom stereocenters. The number of aromatic nitrogens is 1. The number of fused-ring (bicyclic) bond motifs is 1. The molecule has 3 nitrogen and oxygen atoms in total. The van der Waals surface area contributed by atoms with Gasteiger partial charge in [-0.05, 0) is 0 Å². The van der Waals surface area contributed by atoms with Gasteiger partial charge >= 0.3 is 118 Å². The van der Waals surface area contributed by atoms with Crippen molar-refractivity contribution in [1.29, 1.82) is 0 Å². The number of halogens is 2. The Morgan fingerprint density at radius 2 is 1.95 bits per heavy atom. The molecule has 0 saturated heterocycles. The first-order valence-electron chi connectivity index (χ1n) is 5.67. The Balaban J connectivity index is 1.92. The number of rotatable bonds is 2. The summed E-state index contributed by atoms with van der Waals surface area (Å²) < 4.78 is 36.6. The number of hydrogen-bond donors (Lipinski definition) is 0. The van der Waals surface area contributed by atoms with E-state index in [-0.39, 0.29) is 26.2 Å². The monoisotopic (exact) mass is 339 g/mol. The predicted octanol–water partition coefficient (Wildman–Crippen LogP) is 2.79. The van der Waals surface area contributed by atoms with E-state index in [2.05, 4.69) is 3.98 Å². The van der Waals surface area contributed by atoms with Crippen LogP contribution in [-0.2, 0) is 0 Å². The number of carbonyl (C=O) groups excluding carboxylic acids is 1. The van der Waals surface area contributed by atoms with Crippen LogP contribution in [0.1, 0.15) is 10.4 Å². The number of nitrogens with zero attached hydrogens (tertiary/aromatic N) is 1. The van der Waals surface area contributed by atoms with Gasteiger partial charge in [0.15, 0.2) is 0 Å². The molecule has 0 spiro atoms. The SMILES string of the molecule is O=C(Oc1n[se]c2ccccc12)c1ccc(F)cc1F. The molecule has 0 aliphatic carbocycles. The summed E-state index contributed by atoms with van der Waals surface area (Å²) in [5, 5.41) is 0.739. The van der Waals surface area contributed by atoms with Gasteiger partial charge in [-0.15, -0.1) is 0 Å². The van der Waals surface area contributed by atoms with E-state index >= 15 is 0 Å². The fourth-order valence-electron chi connectivity index (χ4n) is 1.73. The second kappa shape index (κ2) is 5.15. The van der Waals surface area contributed by atoms with Crippen LogP contribution in [0.2, 0.25) is 0 Å². The molecule has 0 N–H and O–H groups in total. The summed E-state index contributed by atoms with van der Waals surface area (Å²) in [6, 6.07) is 10.1. The van der Waals surface area contributed by atoms with Crippen molar-refractivity contribution in [2.75, 3.05) is 0 Å². The molecule has 1 heterocycles. The van der Waals surface area contributed by atoms with Crippen LogP contribution >= 0.6 is 0 Å². The van der Waals surface area contributed by atoms with Gasteiger partial charge in [0.1, 0.15) is 0 Å². The molecular formula is C14H7F2NO2Se. The summed E-state index contributed by atoms with van der Waals surface area (Å²) in [6.07, 6.45) is 0. The summed E-state index contributed by atoms with van der Waals surface area (Å²) >= 11 is -0.145. The van der Waals surface area contributed by atoms with Gasteiger partial charge < -0.3 is 0 Å². The van der Waals surface area contributed by atoms with Crippen molar-refractivity contribution < 1.29 is 18.3 Å². The standard InChI is InChI=1S/C14H7F2NO2Se/c15-8-5-6-9(11(16)7-8)14(18)19-13-10-3-1-2-4-12(10)20-17-13/h1-7H. The molecular weight excluding hydrogens is 331 g/mol. The minimum absolute atomic E-state index is 0.145. The van der Waals surface area contributed by atoms with Crippen molar-refractivity contribution in [2.45, 2.75) is 0 Å². The first-order chi connectivity index (χ1) is 9.65. The van der Waals surface area contributed by atoms with Crippen molar-refractivity contribution in [3.8, 4) is 5.88 Å². The molecule has 100 valence electrons. The zero-order chi connectivity index (χ0) is 14.1. The van der Waals surface area contributed by atoms with Crippen LogP contribution in [0.4, 0.5) is 8.78 Å². The van der Waals surface area contributed by atoms with Crippen molar-refractivity contribution >= 4 is 30.3 Å². The molecule has 2 aromatic carbocycles. The third-order valence-electron chi connectivity index (χ3n) is 2.68. The van der Waals surface area contributed by atoms with Gasteiger partial charge in [0.05, 0.1) is 0 Å². The molecule has 3 aromatic rings. The molecule has 20 heavy (non-hydrogen) atoms. The number of hydrogen-bond acceptors (Lipinski definition) is 3. The fraction of sp³-hybridized carbons (Fsp3) is 0. The van der Waals surface area contributed by atoms with E-state index in [1.54, 1.807) is 6.07 Å². The van der Waals surface area contributed by atoms with Crippen LogP contribution in [0.3, 0.4) is 0 Å². The number of benzene rings is 2. The molecule has 0 aliphatic rings. The van der Waals surface area contributed by atoms with E-state index in [1.807, 2.05) is 18.2 Å². The van der Waals surface area contributed by atoms with Crippen LogP contribution in [0.15, 0.2) is 42.5 Å². The second-order valence-corrected chi connectivity index (χ2v) is 5.69. The van der Waals surface area contributed by atoms with Gasteiger partial charge in [0, 0.05) is 0 Å². The Kier molecular flexibility index (Phi) is 3.34. The van der Waals surface area contributed by atoms with Crippen LogP contribution < -0.4 is 4.74 Å². The zero-order valence-corrected chi connectivity index (χ0v) is 11.7. The Bertz CT molecular complexity index is 801. The normalized spacial score (nSPS) is 10.7. The Hall–Kier alpha value is -2.04. The maximum atomic E-state index is 13.5. The Morgan fingerprint density at radius 3 is 2.75 bits per heavy atom. The van der Waals surface area contributed by atoms with Crippen LogP contribution in [0, 0.1) is 11.6 Å². The molecule has 0 unspecified atom stereocenters. The molecule has 0 saturated carbocycles. The summed E-state index contributed by atoms with van der Waals surface area (Å²) in [7, 11) is 0. The third kappa shape index (κ3) is 2.35. The molecule has 0 fully saturated rings. The second-order valence-electron chi connectivity index (χ2n) is 4.00. The molecule has 0 amide bonds. The number of ether oxygens (including phenoxy) is 1. The van der Waals surface area contributed by atoms with Crippen LogP contribution in [0.5, 0.6) is 5.88 Å². The van der Waals surface area contributed by atoms with Crippen LogP contribution in [-0.4, -0.2) is 24.7 Å². The van der Waals surface area contributed by atoms with E-state index < -0.39 is 17.6 Å². The van der Waals surface area contributed by atoms with Crippen molar-refractivity contribution in [3.05, 3.63) is 59.7 Å². The third-order valence-corrected chi connectivity index (χ3v) is 4.38. The molecule has 1 aromatic heterocycles. The first-order valence-corrected chi connectivity index (χ1v) is 7.29. The fourth-order valence-corrected chi connectivity index (χ4v) is 3.22. The van der Waals surface area contributed by atoms with E-state index in [0.717, 1.165) is 21.8 Å².